The van der Waals surface area contributed by atoms with Crippen LogP contribution < -0.4 is 0 Å². The van der Waals surface area contributed by atoms with Crippen LogP contribution in [-0.4, -0.2) is 49.9 Å². The zero-order chi connectivity index (χ0) is 14.7. The Bertz CT molecular complexity index is 477. The van der Waals surface area contributed by atoms with Gasteiger partial charge in [-0.2, -0.15) is 0 Å². The van der Waals surface area contributed by atoms with Crippen molar-refractivity contribution in [3.63, 3.8) is 0 Å². The van der Waals surface area contributed by atoms with Gasteiger partial charge in [-0.1, -0.05) is 31.5 Å². The molecule has 2 heterocycles. The number of nitrogens with zero attached hydrogens (tertiary/aromatic N) is 5. The van der Waals surface area contributed by atoms with Crippen LogP contribution >= 0.6 is 11.8 Å². The van der Waals surface area contributed by atoms with E-state index < -0.39 is 0 Å². The Balaban J connectivity index is 1.53. The number of hydrogen-bond donors (Lipinski definition) is 0. The average Bonchev–Trinajstić information content (AvgIpc) is 3.16. The molecule has 0 radical (unpaired) electrons. The van der Waals surface area contributed by atoms with Crippen LogP contribution in [0.4, 0.5) is 0 Å². The number of rotatable bonds is 4. The van der Waals surface area contributed by atoms with Crippen molar-refractivity contribution in [2.24, 2.45) is 5.92 Å². The summed E-state index contributed by atoms with van der Waals surface area (Å²) in [5, 5.41) is 12.8. The van der Waals surface area contributed by atoms with E-state index in [1.54, 1.807) is 0 Å². The molecular weight excluding hydrogens is 286 g/mol. The molecule has 3 rings (SSSR count). The zero-order valence-corrected chi connectivity index (χ0v) is 13.4. The first-order chi connectivity index (χ1) is 10.2. The summed E-state index contributed by atoms with van der Waals surface area (Å²) in [6.07, 6.45) is 7.04. The van der Waals surface area contributed by atoms with E-state index in [1.807, 2.05) is 9.58 Å². The van der Waals surface area contributed by atoms with Gasteiger partial charge in [0.25, 0.3) is 0 Å². The summed E-state index contributed by atoms with van der Waals surface area (Å²) in [5.41, 5.74) is 0. The summed E-state index contributed by atoms with van der Waals surface area (Å²) < 4.78 is 1.92. The molecule has 1 saturated carbocycles. The smallest absolute Gasteiger partial charge is 0.233 e. The number of piperidine rings is 1. The molecule has 7 heteroatoms. The van der Waals surface area contributed by atoms with E-state index in [2.05, 4.69) is 22.4 Å². The highest BCUT2D eigenvalue weighted by molar-refractivity contribution is 7.99. The summed E-state index contributed by atoms with van der Waals surface area (Å²) in [6, 6.07) is 0.424. The van der Waals surface area contributed by atoms with Gasteiger partial charge in [-0.05, 0) is 42.0 Å². The van der Waals surface area contributed by atoms with Gasteiger partial charge in [0.15, 0.2) is 0 Å². The monoisotopic (exact) mass is 309 g/mol. The minimum Gasteiger partial charge on any atom is -0.342 e. The van der Waals surface area contributed by atoms with Crippen molar-refractivity contribution in [3.8, 4) is 0 Å². The Kier molecular flexibility index (Phi) is 4.77. The van der Waals surface area contributed by atoms with E-state index in [4.69, 9.17) is 0 Å². The molecule has 1 amide bonds. The minimum absolute atomic E-state index is 0.216. The van der Waals surface area contributed by atoms with E-state index in [0.717, 1.165) is 49.8 Å². The molecule has 0 spiro atoms. The van der Waals surface area contributed by atoms with Gasteiger partial charge in [0.05, 0.1) is 11.8 Å². The fourth-order valence-electron chi connectivity index (χ4n) is 3.13. The molecule has 0 N–H and O–H groups in total. The number of carbonyl (C=O) groups excluding carboxylic acids is 1. The molecule has 1 aliphatic heterocycles. The highest BCUT2D eigenvalue weighted by Gasteiger charge is 2.24. The molecule has 0 atom stereocenters. The second-order valence-corrected chi connectivity index (χ2v) is 7.14. The Morgan fingerprint density at radius 1 is 1.24 bits per heavy atom. The fourth-order valence-corrected chi connectivity index (χ4v) is 3.98. The first-order valence-electron chi connectivity index (χ1n) is 7.92. The lowest BCUT2D eigenvalue weighted by Gasteiger charge is -2.30. The van der Waals surface area contributed by atoms with Crippen LogP contribution in [0.25, 0.3) is 0 Å². The molecule has 0 bridgehead atoms. The second kappa shape index (κ2) is 6.77. The molecule has 1 aromatic rings. The van der Waals surface area contributed by atoms with E-state index >= 15 is 0 Å². The summed E-state index contributed by atoms with van der Waals surface area (Å²) in [7, 11) is 0. The third-order valence-electron chi connectivity index (χ3n) is 4.59. The largest absolute Gasteiger partial charge is 0.342 e. The molecular formula is C14H23N5OS. The van der Waals surface area contributed by atoms with E-state index in [9.17, 15) is 4.79 Å². The average molecular weight is 309 g/mol. The molecule has 1 aromatic heterocycles. The van der Waals surface area contributed by atoms with Crippen molar-refractivity contribution in [1.82, 2.24) is 25.1 Å². The number of likely N-dealkylation sites (tertiary alicyclic amines) is 1. The summed E-state index contributed by atoms with van der Waals surface area (Å²) in [6.45, 7) is 4.05. The Labute approximate surface area is 129 Å². The summed E-state index contributed by atoms with van der Waals surface area (Å²) in [5.74, 6) is 1.41. The van der Waals surface area contributed by atoms with Gasteiger partial charge in [-0.25, -0.2) is 4.68 Å². The standard InChI is InChI=1S/C14H23N5OS/c1-11-6-8-18(9-7-11)13(20)10-21-14-15-16-17-19(14)12-4-2-3-5-12/h11-12H,2-10H2,1H3. The van der Waals surface area contributed by atoms with Gasteiger partial charge >= 0.3 is 0 Å². The lowest BCUT2D eigenvalue weighted by molar-refractivity contribution is -0.129. The third-order valence-corrected chi connectivity index (χ3v) is 5.51. The first kappa shape index (κ1) is 14.8. The van der Waals surface area contributed by atoms with Crippen LogP contribution in [0, 0.1) is 5.92 Å². The minimum atomic E-state index is 0.216. The first-order valence-corrected chi connectivity index (χ1v) is 8.91. The van der Waals surface area contributed by atoms with Crippen molar-refractivity contribution in [2.75, 3.05) is 18.8 Å². The molecule has 116 valence electrons. The highest BCUT2D eigenvalue weighted by Crippen LogP contribution is 2.31. The third kappa shape index (κ3) is 3.56. The predicted molar refractivity (Wildman–Crippen MR) is 81.0 cm³/mol. The van der Waals surface area contributed by atoms with E-state index in [1.165, 1.54) is 24.6 Å². The van der Waals surface area contributed by atoms with Gasteiger partial charge in [0.2, 0.25) is 11.1 Å². The van der Waals surface area contributed by atoms with Gasteiger partial charge in [0, 0.05) is 13.1 Å². The number of thioether (sulfide) groups is 1. The zero-order valence-electron chi connectivity index (χ0n) is 12.6. The predicted octanol–water partition coefficient (Wildman–Crippen LogP) is 2.14. The van der Waals surface area contributed by atoms with Crippen LogP contribution in [0.1, 0.15) is 51.5 Å². The molecule has 2 fully saturated rings. The number of tetrazole rings is 1. The fraction of sp³-hybridized carbons (Fsp3) is 0.857. The number of carbonyl (C=O) groups is 1. The number of aromatic nitrogens is 4. The maximum Gasteiger partial charge on any atom is 0.233 e. The van der Waals surface area contributed by atoms with E-state index in [0.29, 0.717) is 11.8 Å². The SMILES string of the molecule is CC1CCN(C(=O)CSc2nnnn2C2CCCC2)CC1. The molecule has 6 nitrogen and oxygen atoms in total. The van der Waals surface area contributed by atoms with Crippen molar-refractivity contribution in [3.05, 3.63) is 0 Å². The van der Waals surface area contributed by atoms with Crippen LogP contribution in [0.15, 0.2) is 5.16 Å². The lowest BCUT2D eigenvalue weighted by Crippen LogP contribution is -2.38. The van der Waals surface area contributed by atoms with Crippen molar-refractivity contribution >= 4 is 17.7 Å². The molecule has 21 heavy (non-hydrogen) atoms. The Morgan fingerprint density at radius 2 is 1.95 bits per heavy atom. The normalized spacial score (nSPS) is 21.1. The Morgan fingerprint density at radius 3 is 2.67 bits per heavy atom. The molecule has 2 aliphatic rings. The van der Waals surface area contributed by atoms with Crippen molar-refractivity contribution < 1.29 is 4.79 Å². The highest BCUT2D eigenvalue weighted by atomic mass is 32.2. The molecule has 1 aliphatic carbocycles. The van der Waals surface area contributed by atoms with Crippen molar-refractivity contribution in [1.29, 1.82) is 0 Å². The number of hydrogen-bond acceptors (Lipinski definition) is 5. The topological polar surface area (TPSA) is 63.9 Å². The molecule has 1 saturated heterocycles. The van der Waals surface area contributed by atoms with Crippen LogP contribution in [0.5, 0.6) is 0 Å². The summed E-state index contributed by atoms with van der Waals surface area (Å²) >= 11 is 1.48. The van der Waals surface area contributed by atoms with Crippen LogP contribution in [0.3, 0.4) is 0 Å². The summed E-state index contributed by atoms with van der Waals surface area (Å²) in [4.78, 5) is 14.2. The van der Waals surface area contributed by atoms with Gasteiger partial charge in [-0.15, -0.1) is 5.10 Å². The maximum absolute atomic E-state index is 12.3. The van der Waals surface area contributed by atoms with Gasteiger partial charge < -0.3 is 4.90 Å². The van der Waals surface area contributed by atoms with Gasteiger partial charge in [-0.3, -0.25) is 4.79 Å². The maximum atomic E-state index is 12.3. The Hall–Kier alpha value is -1.11. The van der Waals surface area contributed by atoms with Crippen LogP contribution in [0.2, 0.25) is 0 Å². The van der Waals surface area contributed by atoms with E-state index in [-0.39, 0.29) is 5.91 Å². The second-order valence-electron chi connectivity index (χ2n) is 6.20. The quantitative estimate of drug-likeness (QED) is 0.797. The lowest BCUT2D eigenvalue weighted by atomic mass is 9.99. The van der Waals surface area contributed by atoms with Crippen LogP contribution in [-0.2, 0) is 4.79 Å². The number of amides is 1. The molecule has 0 aromatic carbocycles. The molecule has 0 unspecified atom stereocenters. The van der Waals surface area contributed by atoms with Gasteiger partial charge in [0.1, 0.15) is 0 Å². The van der Waals surface area contributed by atoms with Crippen molar-refractivity contribution in [2.45, 2.75) is 56.6 Å².